The maximum Gasteiger partial charge on any atom is 0.342 e. The maximum absolute atomic E-state index is 12.3. The molecule has 0 saturated heterocycles. The van der Waals surface area contributed by atoms with Crippen molar-refractivity contribution in [3.05, 3.63) is 52.5 Å². The molecule has 0 spiro atoms. The molecule has 0 bridgehead atoms. The lowest BCUT2D eigenvalue weighted by atomic mass is 10.1. The van der Waals surface area contributed by atoms with E-state index in [1.807, 2.05) is 0 Å². The maximum atomic E-state index is 12.3. The van der Waals surface area contributed by atoms with Gasteiger partial charge in [-0.2, -0.15) is 0 Å². The minimum Gasteiger partial charge on any atom is -0.466 e. The molecule has 1 aliphatic rings. The minimum absolute atomic E-state index is 0.299. The smallest absolute Gasteiger partial charge is 0.342 e. The van der Waals surface area contributed by atoms with Crippen LogP contribution >= 0.6 is 0 Å². The molecule has 0 fully saturated rings. The number of furan rings is 1. The molecule has 0 aliphatic carbocycles. The van der Waals surface area contributed by atoms with Gasteiger partial charge in [-0.1, -0.05) is 0 Å². The Morgan fingerprint density at radius 3 is 2.58 bits per heavy atom. The van der Waals surface area contributed by atoms with Crippen molar-refractivity contribution in [2.75, 3.05) is 23.7 Å². The van der Waals surface area contributed by atoms with Crippen LogP contribution in [0.5, 0.6) is 0 Å². The number of sulfonamides is 1. The molecule has 26 heavy (non-hydrogen) atoms. The zero-order chi connectivity index (χ0) is 19.1. The highest BCUT2D eigenvalue weighted by molar-refractivity contribution is 7.92. The van der Waals surface area contributed by atoms with Crippen molar-refractivity contribution in [2.24, 2.45) is 0 Å². The van der Waals surface area contributed by atoms with Crippen LogP contribution in [0, 0.1) is 13.8 Å². The molecule has 8 heteroatoms. The van der Waals surface area contributed by atoms with Gasteiger partial charge in [-0.15, -0.1) is 0 Å². The number of esters is 1. The second-order valence-electron chi connectivity index (χ2n) is 6.25. The third kappa shape index (κ3) is 3.50. The number of nitrogens with zero attached hydrogens (tertiary/aromatic N) is 1. The first-order chi connectivity index (χ1) is 12.2. The van der Waals surface area contributed by atoms with Gasteiger partial charge in [-0.05, 0) is 50.1 Å². The number of carbonyl (C=O) groups excluding carboxylic acids is 2. The van der Waals surface area contributed by atoms with Crippen LogP contribution in [-0.4, -0.2) is 39.6 Å². The molecule has 2 aromatic rings. The Kier molecular flexibility index (Phi) is 4.62. The van der Waals surface area contributed by atoms with Gasteiger partial charge < -0.3 is 9.15 Å². The van der Waals surface area contributed by atoms with Crippen LogP contribution in [0.15, 0.2) is 28.7 Å². The van der Waals surface area contributed by atoms with E-state index in [9.17, 15) is 18.0 Å². The Morgan fingerprint density at radius 2 is 1.96 bits per heavy atom. The molecule has 138 valence electrons. The van der Waals surface area contributed by atoms with Crippen molar-refractivity contribution < 1.29 is 27.2 Å². The predicted molar refractivity (Wildman–Crippen MR) is 95.1 cm³/mol. The van der Waals surface area contributed by atoms with Crippen LogP contribution < -0.4 is 4.31 Å². The summed E-state index contributed by atoms with van der Waals surface area (Å²) in [4.78, 5) is 24.4. The van der Waals surface area contributed by atoms with Crippen molar-refractivity contribution in [1.82, 2.24) is 0 Å². The fourth-order valence-electron chi connectivity index (χ4n) is 3.02. The minimum atomic E-state index is -3.33. The largest absolute Gasteiger partial charge is 0.466 e. The van der Waals surface area contributed by atoms with Crippen LogP contribution in [-0.2, 0) is 21.2 Å². The quantitative estimate of drug-likeness (QED) is 0.586. The van der Waals surface area contributed by atoms with E-state index in [0.717, 1.165) is 11.8 Å². The summed E-state index contributed by atoms with van der Waals surface area (Å²) < 4.78 is 35.2. The standard InChI is InChI=1S/C18H19NO6S/c1-11-8-15(12(2)25-11)18(21)24-10-17(20)14-4-5-16-13(9-14)6-7-19(16)26(3,22)23/h4-5,8-9H,6-7,10H2,1-3H3. The average molecular weight is 377 g/mol. The number of aryl methyl sites for hydroxylation is 2. The highest BCUT2D eigenvalue weighted by atomic mass is 32.2. The molecular weight excluding hydrogens is 358 g/mol. The van der Waals surface area contributed by atoms with Gasteiger partial charge in [0.1, 0.15) is 17.1 Å². The summed E-state index contributed by atoms with van der Waals surface area (Å²) in [7, 11) is -3.33. The topological polar surface area (TPSA) is 93.9 Å². The lowest BCUT2D eigenvalue weighted by Gasteiger charge is -2.16. The summed E-state index contributed by atoms with van der Waals surface area (Å²) in [5, 5.41) is 0. The lowest BCUT2D eigenvalue weighted by Crippen LogP contribution is -2.27. The molecule has 0 unspecified atom stereocenters. The third-order valence-electron chi connectivity index (χ3n) is 4.25. The fourth-order valence-corrected chi connectivity index (χ4v) is 3.97. The number of hydrogen-bond acceptors (Lipinski definition) is 6. The zero-order valence-corrected chi connectivity index (χ0v) is 15.6. The Balaban J connectivity index is 1.70. The van der Waals surface area contributed by atoms with Gasteiger partial charge in [0.15, 0.2) is 12.4 Å². The normalized spacial score (nSPS) is 13.6. The van der Waals surface area contributed by atoms with E-state index in [0.29, 0.717) is 41.3 Å². The number of anilines is 1. The summed E-state index contributed by atoms with van der Waals surface area (Å²) >= 11 is 0. The molecular formula is C18H19NO6S. The van der Waals surface area contributed by atoms with Gasteiger partial charge in [0.25, 0.3) is 0 Å². The van der Waals surface area contributed by atoms with Crippen molar-refractivity contribution >= 4 is 27.5 Å². The Morgan fingerprint density at radius 1 is 1.23 bits per heavy atom. The molecule has 7 nitrogen and oxygen atoms in total. The van der Waals surface area contributed by atoms with Gasteiger partial charge in [0, 0.05) is 12.1 Å². The predicted octanol–water partition coefficient (Wildman–Crippen LogP) is 2.26. The number of Topliss-reactive ketones (excluding diaryl/α,β-unsaturated/α-hetero) is 1. The second-order valence-corrected chi connectivity index (χ2v) is 8.16. The van der Waals surface area contributed by atoms with Crippen LogP contribution in [0.3, 0.4) is 0 Å². The number of benzene rings is 1. The van der Waals surface area contributed by atoms with E-state index in [2.05, 4.69) is 0 Å². The Bertz CT molecular complexity index is 989. The molecule has 0 N–H and O–H groups in total. The SMILES string of the molecule is Cc1cc(C(=O)OCC(=O)c2ccc3c(c2)CCN3S(C)(=O)=O)c(C)o1. The number of carbonyl (C=O) groups is 2. The van der Waals surface area contributed by atoms with Crippen molar-refractivity contribution in [3.63, 3.8) is 0 Å². The number of hydrogen-bond donors (Lipinski definition) is 0. The Hall–Kier alpha value is -2.61. The molecule has 0 amide bonds. The third-order valence-corrected chi connectivity index (χ3v) is 5.43. The van der Waals surface area contributed by atoms with Crippen LogP contribution in [0.25, 0.3) is 0 Å². The summed E-state index contributed by atoms with van der Waals surface area (Å²) in [5.41, 5.74) is 2.06. The van der Waals surface area contributed by atoms with Crippen LogP contribution in [0.4, 0.5) is 5.69 Å². The van der Waals surface area contributed by atoms with Gasteiger partial charge in [-0.25, -0.2) is 13.2 Å². The van der Waals surface area contributed by atoms with Gasteiger partial charge >= 0.3 is 5.97 Å². The van der Waals surface area contributed by atoms with Gasteiger partial charge in [0.2, 0.25) is 10.0 Å². The van der Waals surface area contributed by atoms with Crippen LogP contribution in [0.2, 0.25) is 0 Å². The van der Waals surface area contributed by atoms with Crippen molar-refractivity contribution in [2.45, 2.75) is 20.3 Å². The number of ketones is 1. The van der Waals surface area contributed by atoms with Crippen LogP contribution in [0.1, 0.15) is 37.8 Å². The second kappa shape index (κ2) is 6.60. The monoisotopic (exact) mass is 377 g/mol. The summed E-state index contributed by atoms with van der Waals surface area (Å²) in [5.74, 6) is 0.0714. The molecule has 1 aromatic heterocycles. The van der Waals surface area contributed by atoms with E-state index < -0.39 is 22.6 Å². The molecule has 0 radical (unpaired) electrons. The molecule has 0 saturated carbocycles. The highest BCUT2D eigenvalue weighted by Gasteiger charge is 2.27. The number of ether oxygens (including phenoxy) is 1. The molecule has 3 rings (SSSR count). The van der Waals surface area contributed by atoms with Crippen molar-refractivity contribution in [3.8, 4) is 0 Å². The first-order valence-electron chi connectivity index (χ1n) is 8.05. The van der Waals surface area contributed by atoms with E-state index in [-0.39, 0.29) is 5.78 Å². The highest BCUT2D eigenvalue weighted by Crippen LogP contribution is 2.30. The van der Waals surface area contributed by atoms with E-state index >= 15 is 0 Å². The zero-order valence-electron chi connectivity index (χ0n) is 14.7. The summed E-state index contributed by atoms with van der Waals surface area (Å²) in [6.07, 6.45) is 1.69. The first kappa shape index (κ1) is 18.2. The summed E-state index contributed by atoms with van der Waals surface area (Å²) in [6.45, 7) is 3.34. The summed E-state index contributed by atoms with van der Waals surface area (Å²) in [6, 6.07) is 6.38. The van der Waals surface area contributed by atoms with Gasteiger partial charge in [-0.3, -0.25) is 9.10 Å². The fraction of sp³-hybridized carbons (Fsp3) is 0.333. The molecule has 1 aliphatic heterocycles. The van der Waals surface area contributed by atoms with E-state index in [1.165, 1.54) is 4.31 Å². The first-order valence-corrected chi connectivity index (χ1v) is 9.89. The molecule has 2 heterocycles. The average Bonchev–Trinajstić information content (AvgIpc) is 3.14. The molecule has 1 aromatic carbocycles. The Labute approximate surface area is 151 Å². The van der Waals surface area contributed by atoms with E-state index in [1.54, 1.807) is 38.1 Å². The van der Waals surface area contributed by atoms with Gasteiger partial charge in [0.05, 0.1) is 11.9 Å². The number of fused-ring (bicyclic) bond motifs is 1. The number of rotatable bonds is 5. The molecule has 0 atom stereocenters. The van der Waals surface area contributed by atoms with Crippen molar-refractivity contribution in [1.29, 1.82) is 0 Å². The van der Waals surface area contributed by atoms with E-state index in [4.69, 9.17) is 9.15 Å². The lowest BCUT2D eigenvalue weighted by molar-refractivity contribution is 0.0473.